The van der Waals surface area contributed by atoms with Crippen molar-refractivity contribution in [3.63, 3.8) is 0 Å². The van der Waals surface area contributed by atoms with Crippen molar-refractivity contribution in [2.24, 2.45) is 0 Å². The van der Waals surface area contributed by atoms with Crippen LogP contribution in [0.2, 0.25) is 0 Å². The van der Waals surface area contributed by atoms with E-state index in [9.17, 15) is 0 Å². The van der Waals surface area contributed by atoms with Crippen LogP contribution in [0.15, 0.2) is 60.9 Å². The van der Waals surface area contributed by atoms with Gasteiger partial charge in [-0.1, -0.05) is 18.7 Å². The Morgan fingerprint density at radius 3 is 2.50 bits per heavy atom. The molecule has 0 aliphatic heterocycles. The highest BCUT2D eigenvalue weighted by Crippen LogP contribution is 2.18. The molecule has 0 heterocycles. The average Bonchev–Trinajstić information content (AvgIpc) is 2.31. The predicted molar refractivity (Wildman–Crippen MR) is 69.7 cm³/mol. The van der Waals surface area contributed by atoms with Crippen LogP contribution in [0.3, 0.4) is 0 Å². The Balaban J connectivity index is 2.77. The molecule has 0 aliphatic carbocycles. The van der Waals surface area contributed by atoms with Gasteiger partial charge in [-0.05, 0) is 43.3 Å². The number of hydrogen-bond donors (Lipinski definition) is 1. The molecular formula is C14H17NO. The van der Waals surface area contributed by atoms with E-state index in [2.05, 4.69) is 11.9 Å². The van der Waals surface area contributed by atoms with Gasteiger partial charge in [0.1, 0.15) is 11.5 Å². The smallest absolute Gasteiger partial charge is 0.127 e. The van der Waals surface area contributed by atoms with Gasteiger partial charge in [0.2, 0.25) is 0 Å². The van der Waals surface area contributed by atoms with Gasteiger partial charge < -0.3 is 10.1 Å². The van der Waals surface area contributed by atoms with E-state index in [0.29, 0.717) is 0 Å². The highest BCUT2D eigenvalue weighted by Gasteiger charge is 1.96. The standard InChI is InChI=1S/C14H17NO/c1-4-6-13(7-5-2)16-14-10-8-12(15-3)9-11-14/h4-11,15H,1H2,2-3H3/b7-5-,13-6+. The minimum Gasteiger partial charge on any atom is -0.457 e. The Labute approximate surface area is 96.9 Å². The summed E-state index contributed by atoms with van der Waals surface area (Å²) >= 11 is 0. The van der Waals surface area contributed by atoms with Crippen molar-refractivity contribution in [3.8, 4) is 5.75 Å². The highest BCUT2D eigenvalue weighted by molar-refractivity contribution is 5.46. The van der Waals surface area contributed by atoms with Gasteiger partial charge in [0.25, 0.3) is 0 Å². The van der Waals surface area contributed by atoms with Gasteiger partial charge in [0.05, 0.1) is 0 Å². The van der Waals surface area contributed by atoms with Crippen molar-refractivity contribution < 1.29 is 4.74 Å². The molecule has 0 aliphatic rings. The van der Waals surface area contributed by atoms with Crippen molar-refractivity contribution >= 4 is 5.69 Å². The molecule has 0 unspecified atom stereocenters. The zero-order valence-electron chi connectivity index (χ0n) is 9.73. The van der Waals surface area contributed by atoms with Crippen LogP contribution in [0, 0.1) is 0 Å². The largest absolute Gasteiger partial charge is 0.457 e. The Morgan fingerprint density at radius 1 is 1.31 bits per heavy atom. The summed E-state index contributed by atoms with van der Waals surface area (Å²) < 4.78 is 5.67. The lowest BCUT2D eigenvalue weighted by Gasteiger charge is -2.07. The normalized spacial score (nSPS) is 11.5. The van der Waals surface area contributed by atoms with E-state index in [1.165, 1.54) is 0 Å². The van der Waals surface area contributed by atoms with Gasteiger partial charge >= 0.3 is 0 Å². The number of ether oxygens (including phenoxy) is 1. The van der Waals surface area contributed by atoms with Crippen molar-refractivity contribution in [2.45, 2.75) is 6.92 Å². The highest BCUT2D eigenvalue weighted by atomic mass is 16.5. The monoisotopic (exact) mass is 215 g/mol. The van der Waals surface area contributed by atoms with Crippen molar-refractivity contribution in [1.29, 1.82) is 0 Å². The maximum Gasteiger partial charge on any atom is 0.127 e. The summed E-state index contributed by atoms with van der Waals surface area (Å²) in [7, 11) is 1.89. The molecule has 84 valence electrons. The third-order valence-electron chi connectivity index (χ3n) is 1.99. The van der Waals surface area contributed by atoms with E-state index in [0.717, 1.165) is 17.2 Å². The predicted octanol–water partition coefficient (Wildman–Crippen LogP) is 3.75. The van der Waals surface area contributed by atoms with Crippen LogP contribution in [-0.4, -0.2) is 7.05 Å². The fourth-order valence-corrected chi connectivity index (χ4v) is 1.23. The Morgan fingerprint density at radius 2 is 2.00 bits per heavy atom. The molecule has 1 aromatic rings. The van der Waals surface area contributed by atoms with Gasteiger partial charge in [-0.2, -0.15) is 0 Å². The summed E-state index contributed by atoms with van der Waals surface area (Å²) in [5.41, 5.74) is 1.06. The summed E-state index contributed by atoms with van der Waals surface area (Å²) in [4.78, 5) is 0. The summed E-state index contributed by atoms with van der Waals surface area (Å²) in [6.07, 6.45) is 7.36. The fourth-order valence-electron chi connectivity index (χ4n) is 1.23. The van der Waals surface area contributed by atoms with Crippen LogP contribution in [0.4, 0.5) is 5.69 Å². The van der Waals surface area contributed by atoms with Crippen molar-refractivity contribution in [2.75, 3.05) is 12.4 Å². The van der Waals surface area contributed by atoms with Gasteiger partial charge in [0, 0.05) is 12.7 Å². The van der Waals surface area contributed by atoms with E-state index in [1.54, 1.807) is 6.08 Å². The molecule has 1 N–H and O–H groups in total. The number of anilines is 1. The minimum absolute atomic E-state index is 0.773. The zero-order valence-corrected chi connectivity index (χ0v) is 9.73. The summed E-state index contributed by atoms with van der Waals surface area (Å²) in [5.74, 6) is 1.58. The minimum atomic E-state index is 0.773. The third kappa shape index (κ3) is 3.65. The third-order valence-corrected chi connectivity index (χ3v) is 1.99. The number of rotatable bonds is 5. The number of nitrogens with one attached hydrogen (secondary N) is 1. The van der Waals surface area contributed by atoms with Crippen molar-refractivity contribution in [3.05, 3.63) is 60.9 Å². The molecule has 16 heavy (non-hydrogen) atoms. The van der Waals surface area contributed by atoms with Crippen LogP contribution in [0.5, 0.6) is 5.75 Å². The topological polar surface area (TPSA) is 21.3 Å². The summed E-state index contributed by atoms with van der Waals surface area (Å²) in [6.45, 7) is 5.60. The first-order chi connectivity index (χ1) is 7.80. The molecule has 0 saturated heterocycles. The first kappa shape index (κ1) is 12.1. The van der Waals surface area contributed by atoms with Crippen LogP contribution in [0.25, 0.3) is 0 Å². The second-order valence-electron chi connectivity index (χ2n) is 3.18. The quantitative estimate of drug-likeness (QED) is 0.596. The molecule has 0 aromatic heterocycles. The molecule has 2 heteroatoms. The number of hydrogen-bond acceptors (Lipinski definition) is 2. The summed E-state index contributed by atoms with van der Waals surface area (Å²) in [5, 5.41) is 3.06. The molecule has 0 atom stereocenters. The second kappa shape index (κ2) is 6.51. The first-order valence-electron chi connectivity index (χ1n) is 5.21. The summed E-state index contributed by atoms with van der Waals surface area (Å²) in [6, 6.07) is 7.78. The van der Waals surface area contributed by atoms with Gasteiger partial charge in [-0.3, -0.25) is 0 Å². The lowest BCUT2D eigenvalue weighted by molar-refractivity contribution is 0.444. The molecule has 1 aromatic carbocycles. The molecule has 0 saturated carbocycles. The van der Waals surface area contributed by atoms with Gasteiger partial charge in [0.15, 0.2) is 0 Å². The molecule has 0 radical (unpaired) electrons. The van der Waals surface area contributed by atoms with Gasteiger partial charge in [-0.15, -0.1) is 0 Å². The van der Waals surface area contributed by atoms with E-state index < -0.39 is 0 Å². The lowest BCUT2D eigenvalue weighted by Crippen LogP contribution is -1.92. The van der Waals surface area contributed by atoms with Crippen LogP contribution < -0.4 is 10.1 Å². The number of benzene rings is 1. The molecular weight excluding hydrogens is 198 g/mol. The molecule has 0 spiro atoms. The fraction of sp³-hybridized carbons (Fsp3) is 0.143. The van der Waals surface area contributed by atoms with Crippen LogP contribution >= 0.6 is 0 Å². The second-order valence-corrected chi connectivity index (χ2v) is 3.18. The molecule has 1 rings (SSSR count). The molecule has 0 bridgehead atoms. The van der Waals surface area contributed by atoms with E-state index >= 15 is 0 Å². The zero-order chi connectivity index (χ0) is 11.8. The van der Waals surface area contributed by atoms with E-state index in [-0.39, 0.29) is 0 Å². The Hall–Kier alpha value is -1.96. The Bertz CT molecular complexity index is 388. The first-order valence-corrected chi connectivity index (χ1v) is 5.21. The maximum absolute atomic E-state index is 5.67. The van der Waals surface area contributed by atoms with Crippen molar-refractivity contribution in [1.82, 2.24) is 0 Å². The van der Waals surface area contributed by atoms with Crippen LogP contribution in [0.1, 0.15) is 6.92 Å². The maximum atomic E-state index is 5.67. The number of allylic oxidation sites excluding steroid dienone is 4. The molecule has 2 nitrogen and oxygen atoms in total. The van der Waals surface area contributed by atoms with E-state index in [4.69, 9.17) is 4.74 Å². The van der Waals surface area contributed by atoms with Crippen LogP contribution in [-0.2, 0) is 0 Å². The molecule has 0 amide bonds. The Kier molecular flexibility index (Phi) is 4.93. The SMILES string of the molecule is C=C/C=C(\C=C/C)Oc1ccc(NC)cc1. The lowest BCUT2D eigenvalue weighted by atomic mass is 10.3. The van der Waals surface area contributed by atoms with E-state index in [1.807, 2.05) is 56.5 Å². The average molecular weight is 215 g/mol. The van der Waals surface area contributed by atoms with Gasteiger partial charge in [-0.25, -0.2) is 0 Å². The molecule has 0 fully saturated rings.